The normalized spacial score (nSPS) is 15.3. The first-order valence-corrected chi connectivity index (χ1v) is 7.49. The van der Waals surface area contributed by atoms with Gasteiger partial charge in [0.25, 0.3) is 5.91 Å². The van der Waals surface area contributed by atoms with Crippen LogP contribution in [0.2, 0.25) is 0 Å². The molecule has 2 aromatic rings. The van der Waals surface area contributed by atoms with E-state index in [0.717, 1.165) is 29.4 Å². The van der Waals surface area contributed by atoms with Gasteiger partial charge >= 0.3 is 6.18 Å². The summed E-state index contributed by atoms with van der Waals surface area (Å²) in [5.74, 6) is -1.80. The Morgan fingerprint density at radius 1 is 1.15 bits per heavy atom. The molecule has 0 unspecified atom stereocenters. The summed E-state index contributed by atoms with van der Waals surface area (Å²) >= 11 is 0. The van der Waals surface area contributed by atoms with Gasteiger partial charge in [0.05, 0.1) is 11.8 Å². The van der Waals surface area contributed by atoms with Crippen LogP contribution in [0.15, 0.2) is 36.8 Å². The van der Waals surface area contributed by atoms with Crippen molar-refractivity contribution < 1.29 is 27.2 Å². The standard InChI is InChI=1S/C16H12F4N4O2/c17-11-5-10(7-21-8-11)15(26)23-3-4-24(14(25)9-23)12-1-2-22-13(6-12)16(18,19)20/h1-2,5-8H,3-4,9H2. The van der Waals surface area contributed by atoms with E-state index < -0.39 is 29.5 Å². The fourth-order valence-electron chi connectivity index (χ4n) is 2.57. The Kier molecular flexibility index (Phi) is 4.58. The molecule has 1 aliphatic rings. The molecule has 3 heterocycles. The highest BCUT2D eigenvalue weighted by Gasteiger charge is 2.34. The monoisotopic (exact) mass is 368 g/mol. The number of hydrogen-bond donors (Lipinski definition) is 0. The van der Waals surface area contributed by atoms with E-state index in [0.29, 0.717) is 0 Å². The Balaban J connectivity index is 1.75. The molecule has 1 aliphatic heterocycles. The molecule has 0 N–H and O–H groups in total. The molecule has 0 bridgehead atoms. The number of hydrogen-bond acceptors (Lipinski definition) is 4. The zero-order valence-corrected chi connectivity index (χ0v) is 13.2. The van der Waals surface area contributed by atoms with Gasteiger partial charge in [-0.2, -0.15) is 13.2 Å². The Morgan fingerprint density at radius 3 is 2.58 bits per heavy atom. The molecule has 0 aromatic carbocycles. The molecular formula is C16H12F4N4O2. The van der Waals surface area contributed by atoms with Crippen molar-refractivity contribution in [3.05, 3.63) is 53.9 Å². The predicted octanol–water partition coefficient (Wildman–Crippen LogP) is 2.12. The Labute approximate surface area is 145 Å². The van der Waals surface area contributed by atoms with Crippen molar-refractivity contribution in [3.8, 4) is 0 Å². The van der Waals surface area contributed by atoms with Crippen LogP contribution in [-0.4, -0.2) is 46.3 Å². The van der Waals surface area contributed by atoms with Crippen molar-refractivity contribution in [3.63, 3.8) is 0 Å². The van der Waals surface area contributed by atoms with Gasteiger partial charge in [0, 0.05) is 31.2 Å². The van der Waals surface area contributed by atoms with E-state index in [1.807, 2.05) is 0 Å². The molecule has 1 fully saturated rings. The average Bonchev–Trinajstić information content (AvgIpc) is 2.60. The summed E-state index contributed by atoms with van der Waals surface area (Å²) in [6, 6.07) is 3.08. The topological polar surface area (TPSA) is 66.4 Å². The summed E-state index contributed by atoms with van der Waals surface area (Å²) in [5, 5.41) is 0. The maximum atomic E-state index is 13.2. The van der Waals surface area contributed by atoms with Crippen LogP contribution in [0.3, 0.4) is 0 Å². The number of amides is 2. The van der Waals surface area contributed by atoms with Crippen molar-refractivity contribution in [2.45, 2.75) is 6.18 Å². The van der Waals surface area contributed by atoms with Gasteiger partial charge in [0.1, 0.15) is 18.1 Å². The maximum Gasteiger partial charge on any atom is 0.433 e. The van der Waals surface area contributed by atoms with Crippen LogP contribution in [0.4, 0.5) is 23.2 Å². The summed E-state index contributed by atoms with van der Waals surface area (Å²) < 4.78 is 51.5. The van der Waals surface area contributed by atoms with Crippen LogP contribution in [0.25, 0.3) is 0 Å². The second-order valence-electron chi connectivity index (χ2n) is 5.56. The summed E-state index contributed by atoms with van der Waals surface area (Å²) in [6.45, 7) is -0.238. The number of aromatic nitrogens is 2. The third-order valence-corrected chi connectivity index (χ3v) is 3.81. The quantitative estimate of drug-likeness (QED) is 0.762. The molecule has 3 rings (SSSR count). The first-order valence-electron chi connectivity index (χ1n) is 7.49. The van der Waals surface area contributed by atoms with Gasteiger partial charge < -0.3 is 9.80 Å². The second kappa shape index (κ2) is 6.70. The van der Waals surface area contributed by atoms with Crippen molar-refractivity contribution in [1.29, 1.82) is 0 Å². The van der Waals surface area contributed by atoms with E-state index in [1.54, 1.807) is 0 Å². The van der Waals surface area contributed by atoms with Crippen LogP contribution in [0.1, 0.15) is 16.1 Å². The number of pyridine rings is 2. The van der Waals surface area contributed by atoms with Crippen molar-refractivity contribution in [2.24, 2.45) is 0 Å². The Hall–Kier alpha value is -3.04. The number of anilines is 1. The van der Waals surface area contributed by atoms with Crippen molar-refractivity contribution in [1.82, 2.24) is 14.9 Å². The van der Waals surface area contributed by atoms with Gasteiger partial charge in [-0.3, -0.25) is 19.6 Å². The number of halogens is 4. The van der Waals surface area contributed by atoms with Gasteiger partial charge in [0.15, 0.2) is 0 Å². The smallest absolute Gasteiger partial charge is 0.327 e. The van der Waals surface area contributed by atoms with Crippen LogP contribution < -0.4 is 4.90 Å². The number of carbonyl (C=O) groups excluding carboxylic acids is 2. The summed E-state index contributed by atoms with van der Waals surface area (Å²) in [6.07, 6.45) is -1.52. The number of rotatable bonds is 2. The Bertz CT molecular complexity index is 856. The van der Waals surface area contributed by atoms with Crippen LogP contribution >= 0.6 is 0 Å². The molecule has 136 valence electrons. The van der Waals surface area contributed by atoms with Gasteiger partial charge in [-0.1, -0.05) is 0 Å². The Morgan fingerprint density at radius 2 is 1.92 bits per heavy atom. The summed E-state index contributed by atoms with van der Waals surface area (Å²) in [5.41, 5.74) is -1.06. The summed E-state index contributed by atoms with van der Waals surface area (Å²) in [7, 11) is 0. The molecule has 0 aliphatic carbocycles. The van der Waals surface area contributed by atoms with Crippen LogP contribution in [-0.2, 0) is 11.0 Å². The molecule has 0 spiro atoms. The van der Waals surface area contributed by atoms with E-state index in [-0.39, 0.29) is 30.9 Å². The number of carbonyl (C=O) groups is 2. The molecule has 10 heteroatoms. The highest BCUT2D eigenvalue weighted by atomic mass is 19.4. The van der Waals surface area contributed by atoms with Gasteiger partial charge in [-0.15, -0.1) is 0 Å². The fourth-order valence-corrected chi connectivity index (χ4v) is 2.57. The lowest BCUT2D eigenvalue weighted by atomic mass is 10.2. The molecule has 1 saturated heterocycles. The van der Waals surface area contributed by atoms with Gasteiger partial charge in [-0.25, -0.2) is 4.39 Å². The first kappa shape index (κ1) is 17.8. The van der Waals surface area contributed by atoms with E-state index in [2.05, 4.69) is 9.97 Å². The van der Waals surface area contributed by atoms with E-state index >= 15 is 0 Å². The molecular weight excluding hydrogens is 356 g/mol. The first-order chi connectivity index (χ1) is 12.3. The minimum Gasteiger partial charge on any atom is -0.327 e. The third-order valence-electron chi connectivity index (χ3n) is 3.81. The minimum atomic E-state index is -4.62. The lowest BCUT2D eigenvalue weighted by molar-refractivity contribution is -0.141. The zero-order chi connectivity index (χ0) is 18.9. The number of nitrogens with zero attached hydrogens (tertiary/aromatic N) is 4. The maximum absolute atomic E-state index is 13.2. The zero-order valence-electron chi connectivity index (χ0n) is 13.2. The largest absolute Gasteiger partial charge is 0.433 e. The predicted molar refractivity (Wildman–Crippen MR) is 81.7 cm³/mol. The molecule has 2 aromatic heterocycles. The lowest BCUT2D eigenvalue weighted by Gasteiger charge is -2.34. The lowest BCUT2D eigenvalue weighted by Crippen LogP contribution is -2.52. The second-order valence-corrected chi connectivity index (χ2v) is 5.56. The van der Waals surface area contributed by atoms with E-state index in [1.165, 1.54) is 17.2 Å². The molecule has 0 radical (unpaired) electrons. The highest BCUT2D eigenvalue weighted by Crippen LogP contribution is 2.30. The van der Waals surface area contributed by atoms with Crippen molar-refractivity contribution >= 4 is 17.5 Å². The van der Waals surface area contributed by atoms with Crippen LogP contribution in [0.5, 0.6) is 0 Å². The van der Waals surface area contributed by atoms with Crippen LogP contribution in [0, 0.1) is 5.82 Å². The third kappa shape index (κ3) is 3.63. The highest BCUT2D eigenvalue weighted by molar-refractivity contribution is 6.01. The molecule has 26 heavy (non-hydrogen) atoms. The fraction of sp³-hybridized carbons (Fsp3) is 0.250. The SMILES string of the molecule is O=C(c1cncc(F)c1)N1CCN(c2ccnc(C(F)(F)F)c2)C(=O)C1. The van der Waals surface area contributed by atoms with E-state index in [9.17, 15) is 27.2 Å². The van der Waals surface area contributed by atoms with E-state index in [4.69, 9.17) is 0 Å². The summed E-state index contributed by atoms with van der Waals surface area (Å²) in [4.78, 5) is 33.8. The van der Waals surface area contributed by atoms with Gasteiger partial charge in [0.2, 0.25) is 5.91 Å². The molecule has 0 atom stereocenters. The number of piperazine rings is 1. The van der Waals surface area contributed by atoms with Gasteiger partial charge in [-0.05, 0) is 18.2 Å². The molecule has 6 nitrogen and oxygen atoms in total. The number of alkyl halides is 3. The molecule has 2 amide bonds. The minimum absolute atomic E-state index is 0.00508. The van der Waals surface area contributed by atoms with Crippen molar-refractivity contribution in [2.75, 3.05) is 24.5 Å². The molecule has 0 saturated carbocycles. The average molecular weight is 368 g/mol.